The van der Waals surface area contributed by atoms with Crippen molar-refractivity contribution in [2.45, 2.75) is 13.1 Å². The molecule has 2 N–H and O–H groups in total. The topological polar surface area (TPSA) is 50.8 Å². The zero-order valence-corrected chi connectivity index (χ0v) is 5.19. The molecule has 0 spiro atoms. The lowest BCUT2D eigenvalue weighted by Gasteiger charge is -2.22. The maximum atomic E-state index is 5.44. The van der Waals surface area contributed by atoms with Crippen molar-refractivity contribution >= 4 is 6.34 Å². The van der Waals surface area contributed by atoms with Crippen LogP contribution in [0.25, 0.3) is 0 Å². The highest BCUT2D eigenvalue weighted by Crippen LogP contribution is 1.96. The number of hydrogen-bond donors (Lipinski definition) is 1. The van der Waals surface area contributed by atoms with Gasteiger partial charge in [-0.05, 0) is 6.92 Å². The van der Waals surface area contributed by atoms with Gasteiger partial charge in [0, 0.05) is 0 Å². The van der Waals surface area contributed by atoms with Crippen LogP contribution in [0.2, 0.25) is 0 Å². The monoisotopic (exact) mass is 127 g/mol. The molecule has 1 heterocycles. The summed E-state index contributed by atoms with van der Waals surface area (Å²) in [6.45, 7) is 1.81. The molecule has 1 atom stereocenters. The van der Waals surface area contributed by atoms with Crippen LogP contribution in [0.3, 0.4) is 0 Å². The molecule has 1 aliphatic rings. The third kappa shape index (κ3) is 1.43. The number of hydrogen-bond acceptors (Lipinski definition) is 4. The van der Waals surface area contributed by atoms with E-state index < -0.39 is 0 Å². The highest BCUT2D eigenvalue weighted by Gasteiger charge is 2.05. The van der Waals surface area contributed by atoms with E-state index in [4.69, 9.17) is 10.6 Å². The van der Waals surface area contributed by atoms with Crippen LogP contribution in [-0.4, -0.2) is 17.6 Å². The third-order valence-corrected chi connectivity index (χ3v) is 0.911. The summed E-state index contributed by atoms with van der Waals surface area (Å²) < 4.78 is 0. The fourth-order valence-corrected chi connectivity index (χ4v) is 0.465. The molecule has 50 valence electrons. The SMILES string of the molecule is C[C@@H](N)N1C=NC=CO1. The van der Waals surface area contributed by atoms with Gasteiger partial charge >= 0.3 is 0 Å². The summed E-state index contributed by atoms with van der Waals surface area (Å²) in [4.78, 5) is 8.71. The molecular weight excluding hydrogens is 118 g/mol. The fraction of sp³-hybridized carbons (Fsp3) is 0.400. The van der Waals surface area contributed by atoms with Crippen molar-refractivity contribution in [3.05, 3.63) is 12.5 Å². The summed E-state index contributed by atoms with van der Waals surface area (Å²) in [5.41, 5.74) is 5.44. The Labute approximate surface area is 53.6 Å². The minimum atomic E-state index is -0.154. The quantitative estimate of drug-likeness (QED) is 0.541. The molecule has 0 aromatic carbocycles. The molecule has 0 unspecified atom stereocenters. The molecule has 1 rings (SSSR count). The zero-order chi connectivity index (χ0) is 6.69. The minimum Gasteiger partial charge on any atom is -0.383 e. The Kier molecular flexibility index (Phi) is 1.69. The van der Waals surface area contributed by atoms with Crippen molar-refractivity contribution in [3.8, 4) is 0 Å². The molecule has 0 aliphatic carbocycles. The van der Waals surface area contributed by atoms with Gasteiger partial charge in [-0.1, -0.05) is 0 Å². The van der Waals surface area contributed by atoms with Crippen LogP contribution in [0.1, 0.15) is 6.92 Å². The summed E-state index contributed by atoms with van der Waals surface area (Å²) in [7, 11) is 0. The van der Waals surface area contributed by atoms with Gasteiger partial charge in [0.1, 0.15) is 18.8 Å². The second kappa shape index (κ2) is 2.50. The number of nitrogens with two attached hydrogens (primary N) is 1. The van der Waals surface area contributed by atoms with Crippen LogP contribution in [0, 0.1) is 0 Å². The number of nitrogens with zero attached hydrogens (tertiary/aromatic N) is 2. The van der Waals surface area contributed by atoms with Crippen molar-refractivity contribution < 1.29 is 4.84 Å². The first kappa shape index (κ1) is 6.10. The average Bonchev–Trinajstić information content (AvgIpc) is 1.90. The van der Waals surface area contributed by atoms with E-state index in [0.29, 0.717) is 0 Å². The Morgan fingerprint density at radius 1 is 1.78 bits per heavy atom. The van der Waals surface area contributed by atoms with Gasteiger partial charge in [-0.15, -0.1) is 0 Å². The van der Waals surface area contributed by atoms with Gasteiger partial charge in [-0.2, -0.15) is 5.06 Å². The van der Waals surface area contributed by atoms with Crippen LogP contribution in [0.15, 0.2) is 17.5 Å². The first-order valence-electron chi connectivity index (χ1n) is 2.70. The lowest BCUT2D eigenvalue weighted by molar-refractivity contribution is -0.0585. The molecule has 0 saturated heterocycles. The van der Waals surface area contributed by atoms with E-state index in [9.17, 15) is 0 Å². The van der Waals surface area contributed by atoms with Gasteiger partial charge in [0.25, 0.3) is 0 Å². The van der Waals surface area contributed by atoms with E-state index in [2.05, 4.69) is 4.99 Å². The second-order valence-electron chi connectivity index (χ2n) is 1.76. The van der Waals surface area contributed by atoms with Crippen LogP contribution < -0.4 is 5.73 Å². The van der Waals surface area contributed by atoms with Gasteiger partial charge in [-0.25, -0.2) is 4.99 Å². The fourth-order valence-electron chi connectivity index (χ4n) is 0.465. The van der Waals surface area contributed by atoms with Crippen molar-refractivity contribution in [2.24, 2.45) is 10.7 Å². The summed E-state index contributed by atoms with van der Waals surface area (Å²) >= 11 is 0. The van der Waals surface area contributed by atoms with E-state index in [1.807, 2.05) is 6.92 Å². The zero-order valence-electron chi connectivity index (χ0n) is 5.19. The summed E-state index contributed by atoms with van der Waals surface area (Å²) in [6.07, 6.45) is 4.41. The second-order valence-corrected chi connectivity index (χ2v) is 1.76. The molecule has 0 amide bonds. The van der Waals surface area contributed by atoms with Gasteiger partial charge in [0.05, 0.1) is 6.20 Å². The molecule has 4 nitrogen and oxygen atoms in total. The number of aliphatic imine (C=N–C) groups is 1. The molecule has 0 aromatic heterocycles. The predicted octanol–water partition coefficient (Wildman–Crippen LogP) is 0.0378. The van der Waals surface area contributed by atoms with Gasteiger partial charge in [0.2, 0.25) is 0 Å². The van der Waals surface area contributed by atoms with Gasteiger partial charge < -0.3 is 10.6 Å². The highest BCUT2D eigenvalue weighted by atomic mass is 16.7. The molecule has 0 bridgehead atoms. The lowest BCUT2D eigenvalue weighted by atomic mass is 10.6. The van der Waals surface area contributed by atoms with Crippen LogP contribution in [0.4, 0.5) is 0 Å². The number of hydroxylamine groups is 2. The molecule has 1 aliphatic heterocycles. The number of rotatable bonds is 1. The van der Waals surface area contributed by atoms with Crippen molar-refractivity contribution in [1.82, 2.24) is 5.06 Å². The van der Waals surface area contributed by atoms with E-state index in [-0.39, 0.29) is 6.17 Å². The van der Waals surface area contributed by atoms with Crippen molar-refractivity contribution in [2.75, 3.05) is 0 Å². The van der Waals surface area contributed by atoms with E-state index >= 15 is 0 Å². The molecule has 0 saturated carbocycles. The summed E-state index contributed by atoms with van der Waals surface area (Å²) in [5.74, 6) is 0. The van der Waals surface area contributed by atoms with Crippen molar-refractivity contribution in [3.63, 3.8) is 0 Å². The Bertz CT molecular complexity index is 141. The Morgan fingerprint density at radius 3 is 2.89 bits per heavy atom. The van der Waals surface area contributed by atoms with Gasteiger partial charge in [-0.3, -0.25) is 0 Å². The normalized spacial score (nSPS) is 19.6. The van der Waals surface area contributed by atoms with Gasteiger partial charge in [0.15, 0.2) is 0 Å². The average molecular weight is 127 g/mol. The molecule has 4 heteroatoms. The highest BCUT2D eigenvalue weighted by molar-refractivity contribution is 5.55. The molecule has 0 radical (unpaired) electrons. The smallest absolute Gasteiger partial charge is 0.137 e. The Hall–Kier alpha value is -1.03. The van der Waals surface area contributed by atoms with E-state index in [1.165, 1.54) is 17.7 Å². The third-order valence-electron chi connectivity index (χ3n) is 0.911. The predicted molar refractivity (Wildman–Crippen MR) is 34.2 cm³/mol. The summed E-state index contributed by atoms with van der Waals surface area (Å²) in [6, 6.07) is 0. The molecule has 0 fully saturated rings. The Morgan fingerprint density at radius 2 is 2.56 bits per heavy atom. The maximum absolute atomic E-state index is 5.44. The minimum absolute atomic E-state index is 0.154. The van der Waals surface area contributed by atoms with E-state index in [1.54, 1.807) is 6.20 Å². The van der Waals surface area contributed by atoms with Crippen LogP contribution in [-0.2, 0) is 4.84 Å². The van der Waals surface area contributed by atoms with E-state index in [0.717, 1.165) is 0 Å². The summed E-state index contributed by atoms with van der Waals surface area (Å²) in [5, 5.41) is 1.46. The molecule has 0 aromatic rings. The Balaban J connectivity index is 2.46. The lowest BCUT2D eigenvalue weighted by Crippen LogP contribution is -2.38. The van der Waals surface area contributed by atoms with Crippen LogP contribution >= 0.6 is 0 Å². The van der Waals surface area contributed by atoms with Crippen molar-refractivity contribution in [1.29, 1.82) is 0 Å². The van der Waals surface area contributed by atoms with Crippen LogP contribution in [0.5, 0.6) is 0 Å². The first-order chi connectivity index (χ1) is 4.30. The molecular formula is C5H9N3O. The standard InChI is InChI=1S/C5H9N3O/c1-5(6)8-4-7-2-3-9-8/h2-5H,6H2,1H3/t5-/m0/s1. The first-order valence-corrected chi connectivity index (χ1v) is 2.70. The maximum Gasteiger partial charge on any atom is 0.137 e. The largest absolute Gasteiger partial charge is 0.383 e. The molecule has 9 heavy (non-hydrogen) atoms.